The number of thiazole rings is 1. The monoisotopic (exact) mass is 425 g/mol. The number of aryl methyl sites for hydroxylation is 2. The van der Waals surface area contributed by atoms with Gasteiger partial charge in [0.15, 0.2) is 0 Å². The third-order valence-corrected chi connectivity index (χ3v) is 6.04. The molecule has 0 saturated heterocycles. The molecule has 2 unspecified atom stereocenters. The summed E-state index contributed by atoms with van der Waals surface area (Å²) < 4.78 is 6.27. The van der Waals surface area contributed by atoms with E-state index in [2.05, 4.69) is 21.9 Å². The number of ether oxygens (including phenoxy) is 1. The summed E-state index contributed by atoms with van der Waals surface area (Å²) in [6, 6.07) is 7.65. The average molecular weight is 426 g/mol. The highest BCUT2D eigenvalue weighted by Crippen LogP contribution is 2.28. The number of carboxylic acids is 1. The highest BCUT2D eigenvalue weighted by atomic mass is 32.1. The fraction of sp³-hybridized carbons (Fsp3) is 0.391. The highest BCUT2D eigenvalue weighted by molar-refractivity contribution is 7.09. The minimum absolute atomic E-state index is 0.238. The molecule has 1 N–H and O–H groups in total. The first kappa shape index (κ1) is 21.9. The summed E-state index contributed by atoms with van der Waals surface area (Å²) in [6.07, 6.45) is 6.05. The van der Waals surface area contributed by atoms with Crippen molar-refractivity contribution in [3.05, 3.63) is 69.7 Å². The normalized spacial score (nSPS) is 13.0. The maximum Gasteiger partial charge on any atom is 0.306 e. The van der Waals surface area contributed by atoms with E-state index in [4.69, 9.17) is 4.74 Å². The molecule has 3 aromatic rings. The van der Waals surface area contributed by atoms with Crippen LogP contribution >= 0.6 is 11.3 Å². The zero-order valence-corrected chi connectivity index (χ0v) is 18.4. The van der Waals surface area contributed by atoms with Crippen LogP contribution < -0.4 is 4.74 Å². The molecule has 1 aromatic carbocycles. The first-order valence-electron chi connectivity index (χ1n) is 10.2. The van der Waals surface area contributed by atoms with E-state index < -0.39 is 5.97 Å². The van der Waals surface area contributed by atoms with Gasteiger partial charge < -0.3 is 9.84 Å². The molecule has 0 aliphatic heterocycles. The predicted octanol–water partition coefficient (Wildman–Crippen LogP) is 4.82. The molecule has 158 valence electrons. The molecule has 2 heterocycles. The molecule has 0 amide bonds. The molecule has 0 radical (unpaired) electrons. The van der Waals surface area contributed by atoms with Crippen LogP contribution in [0.4, 0.5) is 0 Å². The second-order valence-corrected chi connectivity index (χ2v) is 8.17. The molecule has 2 atom stereocenters. The van der Waals surface area contributed by atoms with Crippen molar-refractivity contribution in [2.75, 3.05) is 0 Å². The SMILES string of the molecule is CCc1cnc(CC(Oc2ccc(CC(CC)C(=O)O)cc2)c2cncs2)nc1C. The van der Waals surface area contributed by atoms with E-state index in [1.54, 1.807) is 16.8 Å². The number of carbonyl (C=O) groups is 1. The number of benzene rings is 1. The van der Waals surface area contributed by atoms with Gasteiger partial charge in [0.1, 0.15) is 17.7 Å². The topological polar surface area (TPSA) is 85.2 Å². The van der Waals surface area contributed by atoms with E-state index in [0.717, 1.165) is 39.7 Å². The Morgan fingerprint density at radius 2 is 1.93 bits per heavy atom. The molecule has 0 aliphatic rings. The molecule has 0 saturated carbocycles. The number of aliphatic carboxylic acids is 1. The number of hydrogen-bond acceptors (Lipinski definition) is 6. The molecular weight excluding hydrogens is 398 g/mol. The van der Waals surface area contributed by atoms with Gasteiger partial charge in [-0.3, -0.25) is 9.78 Å². The summed E-state index contributed by atoms with van der Waals surface area (Å²) in [5, 5.41) is 9.27. The Morgan fingerprint density at radius 1 is 1.17 bits per heavy atom. The molecule has 6 nitrogen and oxygen atoms in total. The van der Waals surface area contributed by atoms with Crippen molar-refractivity contribution in [1.82, 2.24) is 15.0 Å². The van der Waals surface area contributed by atoms with Crippen LogP contribution in [-0.4, -0.2) is 26.0 Å². The third kappa shape index (κ3) is 5.63. The lowest BCUT2D eigenvalue weighted by atomic mass is 9.97. The minimum Gasteiger partial charge on any atom is -0.484 e. The van der Waals surface area contributed by atoms with Crippen molar-refractivity contribution in [2.24, 2.45) is 5.92 Å². The average Bonchev–Trinajstić information content (AvgIpc) is 3.27. The van der Waals surface area contributed by atoms with Crippen LogP contribution in [0.5, 0.6) is 5.75 Å². The van der Waals surface area contributed by atoms with E-state index in [-0.39, 0.29) is 12.0 Å². The lowest BCUT2D eigenvalue weighted by molar-refractivity contribution is -0.141. The van der Waals surface area contributed by atoms with E-state index in [1.165, 1.54) is 0 Å². The molecule has 7 heteroatoms. The van der Waals surface area contributed by atoms with E-state index in [9.17, 15) is 9.90 Å². The second kappa shape index (κ2) is 10.3. The van der Waals surface area contributed by atoms with Crippen molar-refractivity contribution >= 4 is 17.3 Å². The Balaban J connectivity index is 1.74. The predicted molar refractivity (Wildman–Crippen MR) is 117 cm³/mol. The third-order valence-electron chi connectivity index (χ3n) is 5.17. The maximum atomic E-state index is 11.3. The zero-order valence-electron chi connectivity index (χ0n) is 17.5. The summed E-state index contributed by atoms with van der Waals surface area (Å²) in [6.45, 7) is 6.00. The van der Waals surface area contributed by atoms with Gasteiger partial charge >= 0.3 is 5.97 Å². The van der Waals surface area contributed by atoms with Gasteiger partial charge in [0.25, 0.3) is 0 Å². The van der Waals surface area contributed by atoms with Crippen LogP contribution in [0.2, 0.25) is 0 Å². The summed E-state index contributed by atoms with van der Waals surface area (Å²) >= 11 is 1.54. The molecule has 0 bridgehead atoms. The van der Waals surface area contributed by atoms with Crippen molar-refractivity contribution in [1.29, 1.82) is 0 Å². The molecule has 0 aliphatic carbocycles. The zero-order chi connectivity index (χ0) is 21.5. The lowest BCUT2D eigenvalue weighted by Gasteiger charge is -2.18. The number of hydrogen-bond donors (Lipinski definition) is 1. The van der Waals surface area contributed by atoms with Crippen LogP contribution in [0.25, 0.3) is 0 Å². The molecule has 2 aromatic heterocycles. The summed E-state index contributed by atoms with van der Waals surface area (Å²) in [4.78, 5) is 25.6. The lowest BCUT2D eigenvalue weighted by Crippen LogP contribution is -2.15. The van der Waals surface area contributed by atoms with Crippen LogP contribution in [0.1, 0.15) is 53.9 Å². The van der Waals surface area contributed by atoms with Gasteiger partial charge in [0.05, 0.1) is 16.3 Å². The molecule has 30 heavy (non-hydrogen) atoms. The molecule has 0 fully saturated rings. The summed E-state index contributed by atoms with van der Waals surface area (Å²) in [7, 11) is 0. The largest absolute Gasteiger partial charge is 0.484 e. The van der Waals surface area contributed by atoms with Crippen LogP contribution in [-0.2, 0) is 24.1 Å². The summed E-state index contributed by atoms with van der Waals surface area (Å²) in [5.74, 6) is 0.343. The van der Waals surface area contributed by atoms with Crippen molar-refractivity contribution < 1.29 is 14.6 Å². The van der Waals surface area contributed by atoms with Crippen LogP contribution in [0.15, 0.2) is 42.2 Å². The number of aromatic nitrogens is 3. The fourth-order valence-corrected chi connectivity index (χ4v) is 3.94. The van der Waals surface area contributed by atoms with Crippen molar-refractivity contribution in [2.45, 2.75) is 52.6 Å². The minimum atomic E-state index is -0.757. The van der Waals surface area contributed by atoms with E-state index >= 15 is 0 Å². The Labute approximate surface area is 181 Å². The first-order chi connectivity index (χ1) is 14.5. The molecule has 3 rings (SSSR count). The highest BCUT2D eigenvalue weighted by Gasteiger charge is 2.19. The van der Waals surface area contributed by atoms with Crippen LogP contribution in [0, 0.1) is 12.8 Å². The van der Waals surface area contributed by atoms with E-state index in [1.807, 2.05) is 50.5 Å². The Morgan fingerprint density at radius 3 is 2.50 bits per heavy atom. The first-order valence-corrected chi connectivity index (χ1v) is 11.1. The smallest absolute Gasteiger partial charge is 0.306 e. The second-order valence-electron chi connectivity index (χ2n) is 7.26. The number of rotatable bonds is 10. The van der Waals surface area contributed by atoms with Crippen LogP contribution in [0.3, 0.4) is 0 Å². The van der Waals surface area contributed by atoms with Gasteiger partial charge in [-0.1, -0.05) is 26.0 Å². The van der Waals surface area contributed by atoms with Gasteiger partial charge in [0.2, 0.25) is 0 Å². The number of carboxylic acid groups (broad SMARTS) is 1. The number of nitrogens with zero attached hydrogens (tertiary/aromatic N) is 3. The Bertz CT molecular complexity index is 958. The van der Waals surface area contributed by atoms with Crippen molar-refractivity contribution in [3.8, 4) is 5.75 Å². The summed E-state index contributed by atoms with van der Waals surface area (Å²) in [5.41, 5.74) is 4.92. The van der Waals surface area contributed by atoms with Gasteiger partial charge in [0, 0.05) is 24.5 Å². The van der Waals surface area contributed by atoms with Gasteiger partial charge in [-0.05, 0) is 49.4 Å². The van der Waals surface area contributed by atoms with Gasteiger partial charge in [-0.15, -0.1) is 11.3 Å². The standard InChI is InChI=1S/C23H27N3O3S/c1-4-17(23(27)28)10-16-6-8-19(9-7-16)29-20(21-13-24-14-30-21)11-22-25-12-18(5-2)15(3)26-22/h6-9,12-14,17,20H,4-5,10-11H2,1-3H3,(H,27,28). The van der Waals surface area contributed by atoms with Crippen molar-refractivity contribution in [3.63, 3.8) is 0 Å². The maximum absolute atomic E-state index is 11.3. The quantitative estimate of drug-likeness (QED) is 0.501. The molecule has 0 spiro atoms. The van der Waals surface area contributed by atoms with Gasteiger partial charge in [-0.2, -0.15) is 0 Å². The molecular formula is C23H27N3O3S. The van der Waals surface area contributed by atoms with Gasteiger partial charge in [-0.25, -0.2) is 9.97 Å². The van der Waals surface area contributed by atoms with E-state index in [0.29, 0.717) is 19.3 Å². The fourth-order valence-electron chi connectivity index (χ4n) is 3.30. The Hall–Kier alpha value is -2.80. The Kier molecular flexibility index (Phi) is 7.52.